The SMILES string of the molecule is COc1ccc(F)cc1-c1ccnc2[nH]c(C3CCN[C@@H](C)C3)cc12. The zero-order valence-corrected chi connectivity index (χ0v) is 14.5. The topological polar surface area (TPSA) is 49.9 Å². The molecule has 130 valence electrons. The van der Waals surface area contributed by atoms with Crippen LogP contribution in [0, 0.1) is 5.82 Å². The summed E-state index contributed by atoms with van der Waals surface area (Å²) in [6, 6.07) is 9.21. The molecule has 0 aliphatic carbocycles. The monoisotopic (exact) mass is 339 g/mol. The predicted molar refractivity (Wildman–Crippen MR) is 97.5 cm³/mol. The van der Waals surface area contributed by atoms with Crippen molar-refractivity contribution in [2.45, 2.75) is 31.7 Å². The van der Waals surface area contributed by atoms with E-state index < -0.39 is 0 Å². The Bertz CT molecular complexity index is 905. The molecule has 0 spiro atoms. The third kappa shape index (κ3) is 3.00. The molecule has 3 aromatic rings. The Hall–Kier alpha value is -2.40. The highest BCUT2D eigenvalue weighted by Crippen LogP contribution is 2.37. The summed E-state index contributed by atoms with van der Waals surface area (Å²) in [6.07, 6.45) is 3.97. The first kappa shape index (κ1) is 16.1. The van der Waals surface area contributed by atoms with Gasteiger partial charge < -0.3 is 15.0 Å². The molecule has 2 aromatic heterocycles. The molecular weight excluding hydrogens is 317 g/mol. The van der Waals surface area contributed by atoms with E-state index in [9.17, 15) is 4.39 Å². The summed E-state index contributed by atoms with van der Waals surface area (Å²) in [7, 11) is 1.61. The second kappa shape index (κ2) is 6.48. The first-order valence-corrected chi connectivity index (χ1v) is 8.70. The molecule has 4 rings (SSSR count). The number of hydrogen-bond acceptors (Lipinski definition) is 3. The van der Waals surface area contributed by atoms with Crippen LogP contribution in [0.15, 0.2) is 36.5 Å². The molecule has 1 unspecified atom stereocenters. The van der Waals surface area contributed by atoms with Crippen molar-refractivity contribution in [2.24, 2.45) is 0 Å². The van der Waals surface area contributed by atoms with Crippen LogP contribution in [0.3, 0.4) is 0 Å². The second-order valence-corrected chi connectivity index (χ2v) is 6.77. The summed E-state index contributed by atoms with van der Waals surface area (Å²) in [5, 5.41) is 4.49. The summed E-state index contributed by atoms with van der Waals surface area (Å²) in [5.41, 5.74) is 3.73. The minimum Gasteiger partial charge on any atom is -0.496 e. The lowest BCUT2D eigenvalue weighted by atomic mass is 9.90. The summed E-state index contributed by atoms with van der Waals surface area (Å²) >= 11 is 0. The van der Waals surface area contributed by atoms with Crippen molar-refractivity contribution in [2.75, 3.05) is 13.7 Å². The third-order valence-electron chi connectivity index (χ3n) is 5.07. The number of H-pyrrole nitrogens is 1. The van der Waals surface area contributed by atoms with Crippen molar-refractivity contribution >= 4 is 11.0 Å². The number of methoxy groups -OCH3 is 1. The van der Waals surface area contributed by atoms with Gasteiger partial charge in [-0.3, -0.25) is 0 Å². The van der Waals surface area contributed by atoms with Gasteiger partial charge in [0.2, 0.25) is 0 Å². The smallest absolute Gasteiger partial charge is 0.138 e. The van der Waals surface area contributed by atoms with Crippen molar-refractivity contribution < 1.29 is 9.13 Å². The number of aromatic amines is 1. The minimum atomic E-state index is -0.274. The Kier molecular flexibility index (Phi) is 4.17. The van der Waals surface area contributed by atoms with Crippen LogP contribution in [-0.4, -0.2) is 29.7 Å². The first-order valence-electron chi connectivity index (χ1n) is 8.70. The molecular formula is C20H22FN3O. The van der Waals surface area contributed by atoms with Gasteiger partial charge in [0.1, 0.15) is 17.2 Å². The van der Waals surface area contributed by atoms with Gasteiger partial charge in [0.15, 0.2) is 0 Å². The van der Waals surface area contributed by atoms with Crippen molar-refractivity contribution in [3.8, 4) is 16.9 Å². The number of fused-ring (bicyclic) bond motifs is 1. The standard InChI is InChI=1S/C20H22FN3O/c1-12-9-13(5-7-22-12)18-11-17-15(6-8-23-20(17)24-18)16-10-14(21)3-4-19(16)25-2/h3-4,6,8,10-13,22H,5,7,9H2,1-2H3,(H,23,24)/t12-,13?/m0/s1. The Morgan fingerprint density at radius 1 is 1.20 bits per heavy atom. The van der Waals surface area contributed by atoms with Gasteiger partial charge in [0.05, 0.1) is 7.11 Å². The molecule has 0 radical (unpaired) electrons. The number of aromatic nitrogens is 2. The number of rotatable bonds is 3. The van der Waals surface area contributed by atoms with Gasteiger partial charge in [-0.2, -0.15) is 0 Å². The van der Waals surface area contributed by atoms with Gasteiger partial charge in [-0.15, -0.1) is 0 Å². The molecule has 0 saturated carbocycles. The number of piperidine rings is 1. The van der Waals surface area contributed by atoms with E-state index in [1.807, 2.05) is 6.07 Å². The first-order chi connectivity index (χ1) is 12.2. The van der Waals surface area contributed by atoms with Crippen molar-refractivity contribution in [3.05, 3.63) is 48.0 Å². The fraction of sp³-hybridized carbons (Fsp3) is 0.350. The summed E-state index contributed by atoms with van der Waals surface area (Å²) in [6.45, 7) is 3.25. The Morgan fingerprint density at radius 3 is 2.88 bits per heavy atom. The summed E-state index contributed by atoms with van der Waals surface area (Å²) in [4.78, 5) is 7.95. The Morgan fingerprint density at radius 2 is 2.08 bits per heavy atom. The molecule has 2 atom stereocenters. The van der Waals surface area contributed by atoms with E-state index in [4.69, 9.17) is 4.74 Å². The maximum absolute atomic E-state index is 13.8. The second-order valence-electron chi connectivity index (χ2n) is 6.77. The molecule has 4 nitrogen and oxygen atoms in total. The predicted octanol–water partition coefficient (Wildman–Crippen LogP) is 4.23. The Labute approximate surface area is 146 Å². The van der Waals surface area contributed by atoms with Crippen LogP contribution < -0.4 is 10.1 Å². The number of ether oxygens (including phenoxy) is 1. The highest BCUT2D eigenvalue weighted by Gasteiger charge is 2.22. The lowest BCUT2D eigenvalue weighted by Crippen LogP contribution is -2.34. The van der Waals surface area contributed by atoms with Gasteiger partial charge in [-0.05, 0) is 62.2 Å². The molecule has 0 amide bonds. The van der Waals surface area contributed by atoms with E-state index in [1.54, 1.807) is 19.4 Å². The third-order valence-corrected chi connectivity index (χ3v) is 5.07. The quantitative estimate of drug-likeness (QED) is 0.751. The van der Waals surface area contributed by atoms with Crippen LogP contribution in [0.1, 0.15) is 31.4 Å². The zero-order chi connectivity index (χ0) is 17.4. The maximum atomic E-state index is 13.8. The van der Waals surface area contributed by atoms with Gasteiger partial charge >= 0.3 is 0 Å². The van der Waals surface area contributed by atoms with Crippen LogP contribution in [0.2, 0.25) is 0 Å². The number of nitrogens with one attached hydrogen (secondary N) is 2. The molecule has 1 aliphatic rings. The number of pyridine rings is 1. The molecule has 25 heavy (non-hydrogen) atoms. The van der Waals surface area contributed by atoms with Gasteiger partial charge in [-0.25, -0.2) is 9.37 Å². The number of halogens is 1. The van der Waals surface area contributed by atoms with Crippen molar-refractivity contribution in [3.63, 3.8) is 0 Å². The molecule has 1 fully saturated rings. The van der Waals surface area contributed by atoms with Gasteiger partial charge in [-0.1, -0.05) is 0 Å². The zero-order valence-electron chi connectivity index (χ0n) is 14.5. The normalized spacial score (nSPS) is 20.8. The number of benzene rings is 1. The highest BCUT2D eigenvalue weighted by atomic mass is 19.1. The largest absolute Gasteiger partial charge is 0.496 e. The van der Waals surface area contributed by atoms with Crippen LogP contribution in [-0.2, 0) is 0 Å². The fourth-order valence-electron chi connectivity index (χ4n) is 3.81. The van der Waals surface area contributed by atoms with E-state index in [0.29, 0.717) is 17.7 Å². The van der Waals surface area contributed by atoms with Gasteiger partial charge in [0.25, 0.3) is 0 Å². The van der Waals surface area contributed by atoms with Gasteiger partial charge in [0, 0.05) is 34.8 Å². The lowest BCUT2D eigenvalue weighted by Gasteiger charge is -2.27. The molecule has 1 aromatic carbocycles. The molecule has 1 saturated heterocycles. The van der Waals surface area contributed by atoms with E-state index >= 15 is 0 Å². The molecule has 0 bridgehead atoms. The summed E-state index contributed by atoms with van der Waals surface area (Å²) < 4.78 is 19.3. The lowest BCUT2D eigenvalue weighted by molar-refractivity contribution is 0.377. The Balaban J connectivity index is 1.82. The minimum absolute atomic E-state index is 0.274. The fourth-order valence-corrected chi connectivity index (χ4v) is 3.81. The number of hydrogen-bond donors (Lipinski definition) is 2. The average Bonchev–Trinajstić information content (AvgIpc) is 3.06. The highest BCUT2D eigenvalue weighted by molar-refractivity contribution is 5.95. The van der Waals surface area contributed by atoms with E-state index in [1.165, 1.54) is 17.8 Å². The molecule has 2 N–H and O–H groups in total. The van der Waals surface area contributed by atoms with Crippen LogP contribution in [0.25, 0.3) is 22.2 Å². The average molecular weight is 339 g/mol. The maximum Gasteiger partial charge on any atom is 0.138 e. The van der Waals surface area contributed by atoms with Crippen LogP contribution >= 0.6 is 0 Å². The molecule has 3 heterocycles. The van der Waals surface area contributed by atoms with Crippen LogP contribution in [0.4, 0.5) is 4.39 Å². The van der Waals surface area contributed by atoms with Crippen molar-refractivity contribution in [1.29, 1.82) is 0 Å². The summed E-state index contributed by atoms with van der Waals surface area (Å²) in [5.74, 6) is 0.878. The van der Waals surface area contributed by atoms with E-state index in [2.05, 4.69) is 28.3 Å². The molecule has 5 heteroatoms. The van der Waals surface area contributed by atoms with E-state index in [0.717, 1.165) is 41.5 Å². The number of nitrogens with zero attached hydrogens (tertiary/aromatic N) is 1. The van der Waals surface area contributed by atoms with Crippen molar-refractivity contribution in [1.82, 2.24) is 15.3 Å². The molecule has 1 aliphatic heterocycles. The van der Waals surface area contributed by atoms with E-state index in [-0.39, 0.29) is 5.82 Å². The van der Waals surface area contributed by atoms with Crippen LogP contribution in [0.5, 0.6) is 5.75 Å².